The van der Waals surface area contributed by atoms with Crippen molar-refractivity contribution in [2.24, 2.45) is 5.41 Å². The number of carboxylic acids is 1. The molecular formula is C17H18FN3O4S. The number of carbonyl (C=O) groups excluding carboxylic acids is 1. The second kappa shape index (κ2) is 7.00. The molecule has 2 heterocycles. The maximum Gasteiger partial charge on any atom is 0.314 e. The Bertz CT molecular complexity index is 826. The van der Waals surface area contributed by atoms with Crippen LogP contribution in [0.4, 0.5) is 9.52 Å². The number of nitrogen functional groups attached to an aromatic ring is 1. The standard InChI is InChI=1S/C17H18FN3O4S/c18-11-3-1-10(2-4-11)7-17(15(24)25)9-21(6-5-13(17)22)14(23)12-8-26-16(19)20-12/h1-4,8,13,22H,5-7,9H2,(H2,19,20)(H,24,25)/t13-,17-/m1/s1. The molecule has 26 heavy (non-hydrogen) atoms. The number of carboxylic acid groups (broad SMARTS) is 1. The third-order valence-corrected chi connectivity index (χ3v) is 5.34. The van der Waals surface area contributed by atoms with E-state index in [1.54, 1.807) is 0 Å². The van der Waals surface area contributed by atoms with Gasteiger partial charge in [0.25, 0.3) is 5.91 Å². The summed E-state index contributed by atoms with van der Waals surface area (Å²) in [6, 6.07) is 5.44. The summed E-state index contributed by atoms with van der Waals surface area (Å²) < 4.78 is 13.1. The first-order valence-corrected chi connectivity index (χ1v) is 8.86. The topological polar surface area (TPSA) is 117 Å². The number of aliphatic carboxylic acids is 1. The van der Waals surface area contributed by atoms with Gasteiger partial charge in [-0.25, -0.2) is 9.37 Å². The normalized spacial score (nSPS) is 23.0. The summed E-state index contributed by atoms with van der Waals surface area (Å²) in [6.45, 7) is 0.0486. The maximum absolute atomic E-state index is 13.1. The highest BCUT2D eigenvalue weighted by Crippen LogP contribution is 2.35. The molecule has 1 saturated heterocycles. The number of hydrogen-bond acceptors (Lipinski definition) is 6. The molecule has 9 heteroatoms. The fraction of sp³-hybridized carbons (Fsp3) is 0.353. The number of nitrogens with two attached hydrogens (primary N) is 1. The molecular weight excluding hydrogens is 361 g/mol. The number of thiazole rings is 1. The summed E-state index contributed by atoms with van der Waals surface area (Å²) in [5, 5.41) is 22.1. The first-order chi connectivity index (χ1) is 12.3. The van der Waals surface area contributed by atoms with E-state index in [0.717, 1.165) is 11.3 Å². The van der Waals surface area contributed by atoms with Crippen LogP contribution < -0.4 is 5.73 Å². The largest absolute Gasteiger partial charge is 0.481 e. The van der Waals surface area contributed by atoms with Crippen LogP contribution in [0.15, 0.2) is 29.6 Å². The first-order valence-electron chi connectivity index (χ1n) is 7.98. The number of aliphatic hydroxyl groups excluding tert-OH is 1. The zero-order chi connectivity index (χ0) is 18.9. The number of aromatic nitrogens is 1. The number of carbonyl (C=O) groups is 2. The fourth-order valence-corrected chi connectivity index (χ4v) is 3.76. The zero-order valence-corrected chi connectivity index (χ0v) is 14.6. The van der Waals surface area contributed by atoms with E-state index < -0.39 is 29.2 Å². The zero-order valence-electron chi connectivity index (χ0n) is 13.8. The van der Waals surface area contributed by atoms with Crippen molar-refractivity contribution in [1.29, 1.82) is 0 Å². The fourth-order valence-electron chi connectivity index (χ4n) is 3.23. The van der Waals surface area contributed by atoms with Gasteiger partial charge in [-0.3, -0.25) is 9.59 Å². The number of piperidine rings is 1. The van der Waals surface area contributed by atoms with Gasteiger partial charge >= 0.3 is 5.97 Å². The van der Waals surface area contributed by atoms with Gasteiger partial charge in [0.15, 0.2) is 5.13 Å². The molecule has 0 saturated carbocycles. The van der Waals surface area contributed by atoms with Gasteiger partial charge in [0.1, 0.15) is 16.9 Å². The predicted molar refractivity (Wildman–Crippen MR) is 93.2 cm³/mol. The lowest BCUT2D eigenvalue weighted by Gasteiger charge is -2.43. The van der Waals surface area contributed by atoms with Crippen molar-refractivity contribution in [2.75, 3.05) is 18.8 Å². The molecule has 0 radical (unpaired) electrons. The molecule has 4 N–H and O–H groups in total. The van der Waals surface area contributed by atoms with Crippen LogP contribution in [0.3, 0.4) is 0 Å². The number of benzene rings is 1. The Kier molecular flexibility index (Phi) is 4.92. The summed E-state index contributed by atoms with van der Waals surface area (Å²) in [6.07, 6.45) is -1.03. The van der Waals surface area contributed by atoms with Gasteiger partial charge in [0.2, 0.25) is 0 Å². The van der Waals surface area contributed by atoms with Gasteiger partial charge < -0.3 is 20.8 Å². The van der Waals surface area contributed by atoms with Crippen molar-refractivity contribution < 1.29 is 24.2 Å². The summed E-state index contributed by atoms with van der Waals surface area (Å²) in [7, 11) is 0. The van der Waals surface area contributed by atoms with Crippen LogP contribution in [0, 0.1) is 11.2 Å². The molecule has 1 aliphatic heterocycles. The Hall–Kier alpha value is -2.52. The predicted octanol–water partition coefficient (Wildman–Crippen LogP) is 1.38. The molecule has 0 aliphatic carbocycles. The summed E-state index contributed by atoms with van der Waals surface area (Å²) in [5.74, 6) is -2.06. The molecule has 0 bridgehead atoms. The highest BCUT2D eigenvalue weighted by molar-refractivity contribution is 7.13. The molecule has 1 fully saturated rings. The van der Waals surface area contributed by atoms with Crippen LogP contribution in [-0.4, -0.2) is 51.2 Å². The molecule has 2 atom stereocenters. The van der Waals surface area contributed by atoms with Gasteiger partial charge in [-0.15, -0.1) is 11.3 Å². The Balaban J connectivity index is 1.88. The molecule has 0 spiro atoms. The second-order valence-corrected chi connectivity index (χ2v) is 7.26. The minimum absolute atomic E-state index is 0.0211. The molecule has 1 aromatic carbocycles. The quantitative estimate of drug-likeness (QED) is 0.739. The highest BCUT2D eigenvalue weighted by atomic mass is 32.1. The molecule has 1 aromatic heterocycles. The van der Waals surface area contributed by atoms with Gasteiger partial charge in [-0.1, -0.05) is 12.1 Å². The molecule has 1 amide bonds. The molecule has 138 valence electrons. The summed E-state index contributed by atoms with van der Waals surface area (Å²) >= 11 is 1.13. The average Bonchev–Trinajstić information content (AvgIpc) is 3.04. The number of hydrogen-bond donors (Lipinski definition) is 3. The number of rotatable bonds is 4. The molecule has 1 aliphatic rings. The molecule has 2 aromatic rings. The van der Waals surface area contributed by atoms with E-state index in [1.807, 2.05) is 0 Å². The number of amides is 1. The van der Waals surface area contributed by atoms with Crippen LogP contribution >= 0.6 is 11.3 Å². The number of likely N-dealkylation sites (tertiary alicyclic amines) is 1. The van der Waals surface area contributed by atoms with Crippen molar-refractivity contribution in [3.63, 3.8) is 0 Å². The molecule has 7 nitrogen and oxygen atoms in total. The van der Waals surface area contributed by atoms with Crippen molar-refractivity contribution in [3.05, 3.63) is 46.7 Å². The van der Waals surface area contributed by atoms with E-state index in [0.29, 0.717) is 5.56 Å². The van der Waals surface area contributed by atoms with Crippen LogP contribution in [0.5, 0.6) is 0 Å². The van der Waals surface area contributed by atoms with Crippen molar-refractivity contribution >= 4 is 28.3 Å². The number of aliphatic hydroxyl groups is 1. The Labute approximate surface area is 152 Å². The van der Waals surface area contributed by atoms with Gasteiger partial charge in [0.05, 0.1) is 6.10 Å². The lowest BCUT2D eigenvalue weighted by atomic mass is 9.72. The van der Waals surface area contributed by atoms with Crippen molar-refractivity contribution in [2.45, 2.75) is 18.9 Å². The van der Waals surface area contributed by atoms with E-state index in [2.05, 4.69) is 4.98 Å². The van der Waals surface area contributed by atoms with Gasteiger partial charge in [0, 0.05) is 18.5 Å². The Morgan fingerprint density at radius 1 is 1.38 bits per heavy atom. The lowest BCUT2D eigenvalue weighted by Crippen LogP contribution is -2.58. The van der Waals surface area contributed by atoms with Crippen LogP contribution in [-0.2, 0) is 11.2 Å². The molecule has 3 rings (SSSR count). The van der Waals surface area contributed by atoms with Crippen molar-refractivity contribution in [1.82, 2.24) is 9.88 Å². The number of anilines is 1. The van der Waals surface area contributed by atoms with E-state index in [-0.39, 0.29) is 36.8 Å². The minimum atomic E-state index is -1.58. The summed E-state index contributed by atoms with van der Waals surface area (Å²) in [5.41, 5.74) is 4.71. The number of nitrogens with zero attached hydrogens (tertiary/aromatic N) is 2. The monoisotopic (exact) mass is 379 g/mol. The highest BCUT2D eigenvalue weighted by Gasteiger charge is 2.50. The lowest BCUT2D eigenvalue weighted by molar-refractivity contribution is -0.161. The third kappa shape index (κ3) is 3.40. The summed E-state index contributed by atoms with van der Waals surface area (Å²) in [4.78, 5) is 30.0. The van der Waals surface area contributed by atoms with E-state index in [1.165, 1.54) is 34.5 Å². The maximum atomic E-state index is 13.1. The smallest absolute Gasteiger partial charge is 0.314 e. The number of halogens is 1. The Morgan fingerprint density at radius 2 is 2.08 bits per heavy atom. The van der Waals surface area contributed by atoms with Gasteiger partial charge in [-0.05, 0) is 30.5 Å². The van der Waals surface area contributed by atoms with Crippen molar-refractivity contribution in [3.8, 4) is 0 Å². The SMILES string of the molecule is Nc1nc(C(=O)N2CC[C@@H](O)[C@](Cc3ccc(F)cc3)(C(=O)O)C2)cs1. The minimum Gasteiger partial charge on any atom is -0.481 e. The van der Waals surface area contributed by atoms with E-state index >= 15 is 0 Å². The first kappa shape index (κ1) is 18.3. The van der Waals surface area contributed by atoms with Gasteiger partial charge in [-0.2, -0.15) is 0 Å². The van der Waals surface area contributed by atoms with Crippen LogP contribution in [0.2, 0.25) is 0 Å². The second-order valence-electron chi connectivity index (χ2n) is 6.37. The Morgan fingerprint density at radius 3 is 2.65 bits per heavy atom. The third-order valence-electron chi connectivity index (χ3n) is 4.67. The van der Waals surface area contributed by atoms with E-state index in [9.17, 15) is 24.2 Å². The van der Waals surface area contributed by atoms with E-state index in [4.69, 9.17) is 5.73 Å². The van der Waals surface area contributed by atoms with Crippen LogP contribution in [0.25, 0.3) is 0 Å². The average molecular weight is 379 g/mol. The molecule has 0 unspecified atom stereocenters. The van der Waals surface area contributed by atoms with Crippen LogP contribution in [0.1, 0.15) is 22.5 Å².